The number of nitrogens with zero attached hydrogens (tertiary/aromatic N) is 1. The molecule has 0 unspecified atom stereocenters. The zero-order valence-corrected chi connectivity index (χ0v) is 14.7. The third-order valence-electron chi connectivity index (χ3n) is 5.16. The minimum absolute atomic E-state index is 0.0379. The van der Waals surface area contributed by atoms with Crippen LogP contribution in [-0.4, -0.2) is 36.1 Å². The van der Waals surface area contributed by atoms with Gasteiger partial charge >= 0.3 is 12.2 Å². The van der Waals surface area contributed by atoms with Crippen LogP contribution in [0.2, 0.25) is 0 Å². The van der Waals surface area contributed by atoms with Gasteiger partial charge in [0.2, 0.25) is 5.91 Å². The monoisotopic (exact) mass is 369 g/mol. The van der Waals surface area contributed by atoms with Crippen molar-refractivity contribution in [3.8, 4) is 0 Å². The van der Waals surface area contributed by atoms with E-state index in [0.717, 1.165) is 11.3 Å². The summed E-state index contributed by atoms with van der Waals surface area (Å²) in [7, 11) is 0. The molecule has 142 valence electrons. The Hall–Kier alpha value is -2.25. The summed E-state index contributed by atoms with van der Waals surface area (Å²) in [4.78, 5) is 25.3. The molecule has 26 heavy (non-hydrogen) atoms. The second-order valence-corrected chi connectivity index (χ2v) is 7.64. The van der Waals surface area contributed by atoms with Gasteiger partial charge in [-0.25, -0.2) is 4.79 Å². The Balaban J connectivity index is 1.67. The van der Waals surface area contributed by atoms with E-state index >= 15 is 0 Å². The molecule has 2 N–H and O–H groups in total. The summed E-state index contributed by atoms with van der Waals surface area (Å²) < 4.78 is 39.5. The van der Waals surface area contributed by atoms with Crippen LogP contribution in [0.25, 0.3) is 0 Å². The number of amides is 3. The highest BCUT2D eigenvalue weighted by Crippen LogP contribution is 2.45. The molecule has 3 amide bonds. The number of aryl methyl sites for hydroxylation is 1. The molecule has 0 radical (unpaired) electrons. The van der Waals surface area contributed by atoms with Crippen molar-refractivity contribution in [3.05, 3.63) is 23.8 Å². The number of hydrogen-bond acceptors (Lipinski definition) is 2. The van der Waals surface area contributed by atoms with E-state index in [9.17, 15) is 22.8 Å². The summed E-state index contributed by atoms with van der Waals surface area (Å²) in [5.74, 6) is -1.45. The third-order valence-corrected chi connectivity index (χ3v) is 5.16. The maximum absolute atomic E-state index is 13.2. The smallest absolute Gasteiger partial charge is 0.326 e. The second kappa shape index (κ2) is 6.48. The van der Waals surface area contributed by atoms with Crippen LogP contribution in [0.5, 0.6) is 0 Å². The summed E-state index contributed by atoms with van der Waals surface area (Å²) in [6, 6.07) is 4.79. The van der Waals surface area contributed by atoms with Gasteiger partial charge in [0.15, 0.2) is 0 Å². The molecule has 2 aliphatic rings. The van der Waals surface area contributed by atoms with E-state index in [1.165, 1.54) is 4.90 Å². The van der Waals surface area contributed by atoms with Gasteiger partial charge in [0.05, 0.1) is 5.92 Å². The van der Waals surface area contributed by atoms with Crippen LogP contribution < -0.4 is 10.6 Å². The fraction of sp³-hybridized carbons (Fsp3) is 0.556. The number of hydrogen-bond donors (Lipinski definition) is 2. The third kappa shape index (κ3) is 3.78. The number of anilines is 2. The maximum Gasteiger partial charge on any atom is 0.392 e. The number of piperidine rings is 1. The minimum Gasteiger partial charge on any atom is -0.326 e. The molecule has 0 bridgehead atoms. The summed E-state index contributed by atoms with van der Waals surface area (Å²) >= 11 is 0. The first-order valence-corrected chi connectivity index (χ1v) is 8.62. The molecule has 2 aliphatic heterocycles. The van der Waals surface area contributed by atoms with Crippen LogP contribution in [0, 0.1) is 11.3 Å². The van der Waals surface area contributed by atoms with E-state index in [1.54, 1.807) is 32.0 Å². The SMILES string of the molecule is CC1(C)CN(C(=O)Nc2ccc3c(c2)CCC(=O)N3)CC[C@H]1C(F)(F)F. The van der Waals surface area contributed by atoms with Crippen molar-refractivity contribution in [2.75, 3.05) is 23.7 Å². The van der Waals surface area contributed by atoms with Gasteiger partial charge in [-0.05, 0) is 42.0 Å². The lowest BCUT2D eigenvalue weighted by Crippen LogP contribution is -2.53. The quantitative estimate of drug-likeness (QED) is 0.786. The molecule has 5 nitrogen and oxygen atoms in total. The van der Waals surface area contributed by atoms with E-state index in [-0.39, 0.29) is 25.4 Å². The Morgan fingerprint density at radius 1 is 1.31 bits per heavy atom. The summed E-state index contributed by atoms with van der Waals surface area (Å²) in [6.45, 7) is 3.21. The van der Waals surface area contributed by atoms with E-state index in [2.05, 4.69) is 10.6 Å². The van der Waals surface area contributed by atoms with Gasteiger partial charge in [-0.2, -0.15) is 13.2 Å². The van der Waals surface area contributed by atoms with Gasteiger partial charge in [0, 0.05) is 30.9 Å². The Labute approximate surface area is 149 Å². The molecule has 3 rings (SSSR count). The standard InChI is InChI=1S/C18H22F3N3O2/c1-17(2)10-24(8-7-14(17)18(19,20)21)16(26)22-12-4-5-13-11(9-12)3-6-15(25)23-13/h4-5,9,14H,3,6-8,10H2,1-2H3,(H,22,26)(H,23,25)/t14-/m1/s1. The Bertz CT molecular complexity index is 731. The molecule has 0 spiro atoms. The average molecular weight is 369 g/mol. The van der Waals surface area contributed by atoms with Crippen LogP contribution in [0.15, 0.2) is 18.2 Å². The number of carbonyl (C=O) groups is 2. The maximum atomic E-state index is 13.2. The molecule has 2 heterocycles. The Morgan fingerprint density at radius 3 is 2.69 bits per heavy atom. The van der Waals surface area contributed by atoms with Crippen LogP contribution in [-0.2, 0) is 11.2 Å². The molecule has 8 heteroatoms. The summed E-state index contributed by atoms with van der Waals surface area (Å²) in [5.41, 5.74) is 1.19. The van der Waals surface area contributed by atoms with Crippen LogP contribution in [0.4, 0.5) is 29.3 Å². The number of likely N-dealkylation sites (tertiary alicyclic amines) is 1. The lowest BCUT2D eigenvalue weighted by molar-refractivity contribution is -0.214. The molecule has 1 saturated heterocycles. The van der Waals surface area contributed by atoms with Crippen LogP contribution in [0.1, 0.15) is 32.3 Å². The van der Waals surface area contributed by atoms with E-state index in [4.69, 9.17) is 0 Å². The first kappa shape index (κ1) is 18.5. The molecular formula is C18H22F3N3O2. The normalized spacial score (nSPS) is 22.4. The van der Waals surface area contributed by atoms with Gasteiger partial charge in [-0.3, -0.25) is 4.79 Å². The molecule has 1 atom stereocenters. The number of fused-ring (bicyclic) bond motifs is 1. The Kier molecular flexibility index (Phi) is 4.62. The predicted molar refractivity (Wildman–Crippen MR) is 91.9 cm³/mol. The van der Waals surface area contributed by atoms with Crippen molar-refractivity contribution in [2.24, 2.45) is 11.3 Å². The van der Waals surface area contributed by atoms with Gasteiger partial charge in [-0.15, -0.1) is 0 Å². The molecule has 0 aliphatic carbocycles. The first-order valence-electron chi connectivity index (χ1n) is 8.62. The highest BCUT2D eigenvalue weighted by atomic mass is 19.4. The minimum atomic E-state index is -4.25. The lowest BCUT2D eigenvalue weighted by atomic mass is 9.73. The second-order valence-electron chi connectivity index (χ2n) is 7.64. The molecule has 1 aromatic rings. The van der Waals surface area contributed by atoms with Crippen LogP contribution in [0.3, 0.4) is 0 Å². The number of urea groups is 1. The predicted octanol–water partition coefficient (Wildman–Crippen LogP) is 4.01. The van der Waals surface area contributed by atoms with Gasteiger partial charge in [0.25, 0.3) is 0 Å². The average Bonchev–Trinajstić information content (AvgIpc) is 2.52. The first-order chi connectivity index (χ1) is 12.1. The number of rotatable bonds is 1. The summed E-state index contributed by atoms with van der Waals surface area (Å²) in [5, 5.41) is 5.52. The number of nitrogens with one attached hydrogen (secondary N) is 2. The zero-order valence-electron chi connectivity index (χ0n) is 14.7. The topological polar surface area (TPSA) is 61.4 Å². The van der Waals surface area contributed by atoms with Crippen molar-refractivity contribution in [1.29, 1.82) is 0 Å². The zero-order chi connectivity index (χ0) is 19.1. The van der Waals surface area contributed by atoms with Crippen molar-refractivity contribution < 1.29 is 22.8 Å². The highest BCUT2D eigenvalue weighted by molar-refractivity contribution is 5.95. The fourth-order valence-corrected chi connectivity index (χ4v) is 3.80. The molecule has 1 fully saturated rings. The molecule has 1 aromatic carbocycles. The van der Waals surface area contributed by atoms with E-state index in [1.807, 2.05) is 0 Å². The summed E-state index contributed by atoms with van der Waals surface area (Å²) in [6.07, 6.45) is -3.37. The molecule has 0 aromatic heterocycles. The number of benzene rings is 1. The molecular weight excluding hydrogens is 347 g/mol. The largest absolute Gasteiger partial charge is 0.392 e. The number of alkyl halides is 3. The lowest BCUT2D eigenvalue weighted by Gasteiger charge is -2.44. The highest BCUT2D eigenvalue weighted by Gasteiger charge is 2.51. The van der Waals surface area contributed by atoms with Gasteiger partial charge in [-0.1, -0.05) is 13.8 Å². The van der Waals surface area contributed by atoms with Crippen molar-refractivity contribution in [1.82, 2.24) is 4.90 Å². The van der Waals surface area contributed by atoms with Gasteiger partial charge < -0.3 is 15.5 Å². The number of carbonyl (C=O) groups excluding carboxylic acids is 2. The van der Waals surface area contributed by atoms with E-state index < -0.39 is 23.5 Å². The van der Waals surface area contributed by atoms with Crippen molar-refractivity contribution in [3.63, 3.8) is 0 Å². The Morgan fingerprint density at radius 2 is 2.04 bits per heavy atom. The van der Waals surface area contributed by atoms with Gasteiger partial charge in [0.1, 0.15) is 0 Å². The van der Waals surface area contributed by atoms with Crippen LogP contribution >= 0.6 is 0 Å². The molecule has 0 saturated carbocycles. The van der Waals surface area contributed by atoms with E-state index in [0.29, 0.717) is 18.5 Å². The van der Waals surface area contributed by atoms with Crippen molar-refractivity contribution >= 4 is 23.3 Å². The fourth-order valence-electron chi connectivity index (χ4n) is 3.80. The van der Waals surface area contributed by atoms with Crippen molar-refractivity contribution in [2.45, 2.75) is 39.3 Å². The number of halogens is 3.